The highest BCUT2D eigenvalue weighted by Gasteiger charge is 2.14. The normalized spacial score (nSPS) is 11.3. The summed E-state index contributed by atoms with van der Waals surface area (Å²) < 4.78 is 20.9. The van der Waals surface area contributed by atoms with Gasteiger partial charge < -0.3 is 9.09 Å². The molecule has 2 heterocycles. The smallest absolute Gasteiger partial charge is 0.156 e. The lowest BCUT2D eigenvalue weighted by molar-refractivity contribution is 0.376. The van der Waals surface area contributed by atoms with E-state index in [1.165, 1.54) is 6.07 Å². The summed E-state index contributed by atoms with van der Waals surface area (Å²) in [7, 11) is 0. The Kier molecular flexibility index (Phi) is 3.28. The minimum absolute atomic E-state index is 0.238. The molecule has 0 atom stereocenters. The van der Waals surface area contributed by atoms with Crippen molar-refractivity contribution in [3.05, 3.63) is 46.3 Å². The average molecular weight is 345 g/mol. The van der Waals surface area contributed by atoms with Gasteiger partial charge >= 0.3 is 0 Å². The van der Waals surface area contributed by atoms with E-state index in [0.29, 0.717) is 33.6 Å². The van der Waals surface area contributed by atoms with Gasteiger partial charge in [0.15, 0.2) is 5.76 Å². The maximum absolute atomic E-state index is 13.7. The number of halogens is 3. The number of imidazole rings is 1. The maximum atomic E-state index is 13.7. The number of hydrogen-bond donors (Lipinski definition) is 0. The van der Waals surface area contributed by atoms with Gasteiger partial charge in [-0.15, -0.1) is 11.6 Å². The average Bonchev–Trinajstić information content (AvgIpc) is 3.00. The largest absolute Gasteiger partial charge is 0.359 e. The summed E-state index contributed by atoms with van der Waals surface area (Å²) in [6.07, 6.45) is 1.56. The zero-order valence-electron chi connectivity index (χ0n) is 9.61. The van der Waals surface area contributed by atoms with Gasteiger partial charge in [-0.25, -0.2) is 9.37 Å². The standard InChI is InChI=1S/C12H8BrClFN3O/c13-8-3-10-11(4-9(8)15)18(12(5-14)17-10)6-7-1-2-16-19-7/h1-4H,5-6H2. The monoisotopic (exact) mass is 343 g/mol. The van der Waals surface area contributed by atoms with Crippen LogP contribution in [-0.2, 0) is 12.4 Å². The van der Waals surface area contributed by atoms with Gasteiger partial charge in [0.25, 0.3) is 0 Å². The van der Waals surface area contributed by atoms with Crippen LogP contribution in [0.5, 0.6) is 0 Å². The van der Waals surface area contributed by atoms with E-state index < -0.39 is 0 Å². The second-order valence-corrected chi connectivity index (χ2v) is 5.10. The molecule has 7 heteroatoms. The molecule has 0 bridgehead atoms. The zero-order valence-corrected chi connectivity index (χ0v) is 11.9. The van der Waals surface area contributed by atoms with E-state index >= 15 is 0 Å². The first kappa shape index (κ1) is 12.6. The molecule has 0 radical (unpaired) electrons. The van der Waals surface area contributed by atoms with Crippen molar-refractivity contribution in [2.45, 2.75) is 12.4 Å². The highest BCUT2D eigenvalue weighted by molar-refractivity contribution is 9.10. The van der Waals surface area contributed by atoms with Crippen molar-refractivity contribution in [3.8, 4) is 0 Å². The van der Waals surface area contributed by atoms with Gasteiger partial charge in [0.2, 0.25) is 0 Å². The summed E-state index contributed by atoms with van der Waals surface area (Å²) in [5.74, 6) is 1.22. The van der Waals surface area contributed by atoms with Crippen molar-refractivity contribution >= 4 is 38.6 Å². The molecular formula is C12H8BrClFN3O. The van der Waals surface area contributed by atoms with Gasteiger partial charge in [-0.1, -0.05) is 5.16 Å². The van der Waals surface area contributed by atoms with Gasteiger partial charge in [0.1, 0.15) is 11.6 Å². The molecule has 0 spiro atoms. The number of benzene rings is 1. The Hall–Kier alpha value is -1.40. The molecule has 0 saturated heterocycles. The number of alkyl halides is 1. The van der Waals surface area contributed by atoms with Crippen molar-refractivity contribution in [2.24, 2.45) is 0 Å². The second kappa shape index (κ2) is 4.94. The van der Waals surface area contributed by atoms with E-state index in [4.69, 9.17) is 16.1 Å². The summed E-state index contributed by atoms with van der Waals surface area (Å²) in [6.45, 7) is 0.416. The minimum Gasteiger partial charge on any atom is -0.359 e. The van der Waals surface area contributed by atoms with E-state index in [2.05, 4.69) is 26.1 Å². The predicted octanol–water partition coefficient (Wildman–Crippen LogP) is 3.71. The first-order valence-corrected chi connectivity index (χ1v) is 6.81. The number of hydrogen-bond acceptors (Lipinski definition) is 3. The van der Waals surface area contributed by atoms with Gasteiger partial charge in [-0.05, 0) is 22.0 Å². The molecule has 1 aromatic carbocycles. The molecule has 3 aromatic rings. The first-order valence-electron chi connectivity index (χ1n) is 5.48. The van der Waals surface area contributed by atoms with Crippen LogP contribution in [0.4, 0.5) is 4.39 Å². The van der Waals surface area contributed by atoms with Crippen LogP contribution in [0.3, 0.4) is 0 Å². The molecule has 0 N–H and O–H groups in total. The number of aromatic nitrogens is 3. The van der Waals surface area contributed by atoms with Crippen LogP contribution in [0.2, 0.25) is 0 Å². The fourth-order valence-electron chi connectivity index (χ4n) is 1.93. The first-order chi connectivity index (χ1) is 9.19. The van der Waals surface area contributed by atoms with Crippen molar-refractivity contribution in [1.29, 1.82) is 0 Å². The molecule has 98 valence electrons. The SMILES string of the molecule is Fc1cc2c(cc1Br)nc(CCl)n2Cc1ccno1. The Morgan fingerprint density at radius 2 is 2.26 bits per heavy atom. The Morgan fingerprint density at radius 1 is 1.42 bits per heavy atom. The third-order valence-corrected chi connectivity index (χ3v) is 3.64. The Morgan fingerprint density at radius 3 is 2.95 bits per heavy atom. The fraction of sp³-hybridized carbons (Fsp3) is 0.167. The van der Waals surface area contributed by atoms with Crippen molar-refractivity contribution in [2.75, 3.05) is 0 Å². The number of nitrogens with zero attached hydrogens (tertiary/aromatic N) is 3. The summed E-state index contributed by atoms with van der Waals surface area (Å²) in [5.41, 5.74) is 1.36. The minimum atomic E-state index is -0.340. The zero-order chi connectivity index (χ0) is 13.4. The molecule has 0 aliphatic rings. The van der Waals surface area contributed by atoms with Gasteiger partial charge in [-0.3, -0.25) is 0 Å². The highest BCUT2D eigenvalue weighted by Crippen LogP contribution is 2.25. The third kappa shape index (κ3) is 2.26. The molecule has 0 aliphatic heterocycles. The maximum Gasteiger partial charge on any atom is 0.156 e. The Labute approximate surface area is 121 Å². The van der Waals surface area contributed by atoms with Crippen LogP contribution in [0.1, 0.15) is 11.6 Å². The molecule has 3 rings (SSSR count). The summed E-state index contributed by atoms with van der Waals surface area (Å²) in [6, 6.07) is 4.81. The van der Waals surface area contributed by atoms with Crippen molar-refractivity contribution in [3.63, 3.8) is 0 Å². The van der Waals surface area contributed by atoms with Crippen molar-refractivity contribution < 1.29 is 8.91 Å². The van der Waals surface area contributed by atoms with E-state index in [0.717, 1.165) is 0 Å². The Bertz CT molecular complexity index is 726. The van der Waals surface area contributed by atoms with E-state index in [1.807, 2.05) is 4.57 Å². The van der Waals surface area contributed by atoms with Gasteiger partial charge in [0.05, 0.1) is 34.1 Å². The van der Waals surface area contributed by atoms with Crippen LogP contribution in [-0.4, -0.2) is 14.7 Å². The highest BCUT2D eigenvalue weighted by atomic mass is 79.9. The molecule has 0 saturated carbocycles. The van der Waals surface area contributed by atoms with E-state index in [1.54, 1.807) is 18.3 Å². The molecular weight excluding hydrogens is 337 g/mol. The quantitative estimate of drug-likeness (QED) is 0.680. The van der Waals surface area contributed by atoms with Crippen LogP contribution < -0.4 is 0 Å². The van der Waals surface area contributed by atoms with Crippen LogP contribution >= 0.6 is 27.5 Å². The summed E-state index contributed by atoms with van der Waals surface area (Å²) in [4.78, 5) is 4.39. The molecule has 0 unspecified atom stereocenters. The number of fused-ring (bicyclic) bond motifs is 1. The predicted molar refractivity (Wildman–Crippen MR) is 72.6 cm³/mol. The van der Waals surface area contributed by atoms with E-state index in [9.17, 15) is 4.39 Å². The van der Waals surface area contributed by atoms with E-state index in [-0.39, 0.29) is 11.7 Å². The summed E-state index contributed by atoms with van der Waals surface area (Å²) >= 11 is 9.04. The van der Waals surface area contributed by atoms with Crippen LogP contribution in [0, 0.1) is 5.82 Å². The van der Waals surface area contributed by atoms with Crippen molar-refractivity contribution in [1.82, 2.24) is 14.7 Å². The molecule has 4 nitrogen and oxygen atoms in total. The second-order valence-electron chi connectivity index (χ2n) is 3.98. The molecule has 0 amide bonds. The molecule has 0 aliphatic carbocycles. The third-order valence-electron chi connectivity index (χ3n) is 2.79. The molecule has 2 aromatic heterocycles. The van der Waals surface area contributed by atoms with Crippen LogP contribution in [0.15, 0.2) is 33.4 Å². The summed E-state index contributed by atoms with van der Waals surface area (Å²) in [5, 5.41) is 3.65. The fourth-order valence-corrected chi connectivity index (χ4v) is 2.46. The van der Waals surface area contributed by atoms with Crippen LogP contribution in [0.25, 0.3) is 11.0 Å². The number of rotatable bonds is 3. The van der Waals surface area contributed by atoms with Gasteiger partial charge in [-0.2, -0.15) is 0 Å². The lowest BCUT2D eigenvalue weighted by Crippen LogP contribution is -2.03. The lowest BCUT2D eigenvalue weighted by atomic mass is 10.3. The van der Waals surface area contributed by atoms with Gasteiger partial charge in [0, 0.05) is 12.1 Å². The molecule has 0 fully saturated rings. The topological polar surface area (TPSA) is 43.9 Å². The lowest BCUT2D eigenvalue weighted by Gasteiger charge is -2.05. The molecule has 19 heavy (non-hydrogen) atoms. The Balaban J connectivity index is 2.17.